The first kappa shape index (κ1) is 23.3. The minimum absolute atomic E-state index is 0.0796. The third-order valence-corrected chi connectivity index (χ3v) is 7.37. The van der Waals surface area contributed by atoms with Gasteiger partial charge in [0, 0.05) is 22.1 Å². The first-order valence-corrected chi connectivity index (χ1v) is 12.5. The Morgan fingerprint density at radius 1 is 1.06 bits per heavy atom. The molecule has 0 fully saturated rings. The molecule has 0 saturated carbocycles. The highest BCUT2D eigenvalue weighted by molar-refractivity contribution is 9.10. The minimum Gasteiger partial charge on any atom is -0.485 e. The number of benzene rings is 3. The Morgan fingerprint density at radius 2 is 1.85 bits per heavy atom. The molecule has 0 spiro atoms. The van der Waals surface area contributed by atoms with Crippen molar-refractivity contribution in [3.8, 4) is 5.75 Å². The van der Waals surface area contributed by atoms with E-state index in [9.17, 15) is 4.79 Å². The van der Waals surface area contributed by atoms with Gasteiger partial charge in [0.1, 0.15) is 12.4 Å². The van der Waals surface area contributed by atoms with Crippen LogP contribution in [0.25, 0.3) is 10.8 Å². The van der Waals surface area contributed by atoms with E-state index in [1.165, 1.54) is 11.8 Å². The number of rotatable bonds is 8. The normalized spacial score (nSPS) is 11.0. The second-order valence-corrected chi connectivity index (χ2v) is 9.39. The van der Waals surface area contributed by atoms with Crippen LogP contribution in [0.15, 0.2) is 64.2 Å². The minimum atomic E-state index is -0.0796. The number of carbonyl (C=O) groups is 1. The van der Waals surface area contributed by atoms with Crippen molar-refractivity contribution in [2.24, 2.45) is 0 Å². The van der Waals surface area contributed by atoms with Crippen molar-refractivity contribution in [3.63, 3.8) is 0 Å². The van der Waals surface area contributed by atoms with Crippen LogP contribution in [-0.4, -0.2) is 26.4 Å². The number of hydrogen-bond donors (Lipinski definition) is 1. The lowest BCUT2D eigenvalue weighted by molar-refractivity contribution is -0.113. The Kier molecular flexibility index (Phi) is 7.35. The number of thioether (sulfide) groups is 1. The van der Waals surface area contributed by atoms with Crippen LogP contribution in [0.4, 0.5) is 5.69 Å². The van der Waals surface area contributed by atoms with Crippen molar-refractivity contribution in [1.82, 2.24) is 14.8 Å². The molecule has 0 aliphatic carbocycles. The number of hydrogen-bond acceptors (Lipinski definition) is 5. The van der Waals surface area contributed by atoms with Crippen molar-refractivity contribution in [2.45, 2.75) is 39.1 Å². The molecule has 1 amide bonds. The number of nitrogens with zero attached hydrogens (tertiary/aromatic N) is 3. The maximum atomic E-state index is 12.6. The number of ether oxygens (including phenoxy) is 1. The summed E-state index contributed by atoms with van der Waals surface area (Å²) in [4.78, 5) is 12.6. The molecular weight excluding hydrogens is 500 g/mol. The second-order valence-electron chi connectivity index (χ2n) is 7.59. The zero-order chi connectivity index (χ0) is 23.4. The first-order chi connectivity index (χ1) is 16.0. The molecule has 6 nitrogen and oxygen atoms in total. The van der Waals surface area contributed by atoms with Crippen molar-refractivity contribution in [3.05, 3.63) is 76.0 Å². The van der Waals surface area contributed by atoms with E-state index in [0.29, 0.717) is 18.3 Å². The number of carbonyl (C=O) groups excluding carboxylic acids is 1. The number of aromatic nitrogens is 3. The molecular formula is C25H25BrN4O2S. The van der Waals surface area contributed by atoms with Gasteiger partial charge >= 0.3 is 0 Å². The molecule has 0 aliphatic heterocycles. The smallest absolute Gasteiger partial charge is 0.234 e. The van der Waals surface area contributed by atoms with E-state index in [4.69, 9.17) is 4.74 Å². The number of anilines is 1. The van der Waals surface area contributed by atoms with Gasteiger partial charge in [-0.15, -0.1) is 10.2 Å². The van der Waals surface area contributed by atoms with Gasteiger partial charge in [-0.3, -0.25) is 4.79 Å². The molecule has 0 unspecified atom stereocenters. The van der Waals surface area contributed by atoms with Gasteiger partial charge in [0.05, 0.1) is 5.75 Å². The predicted octanol–water partition coefficient (Wildman–Crippen LogP) is 6.14. The van der Waals surface area contributed by atoms with Gasteiger partial charge < -0.3 is 14.6 Å². The van der Waals surface area contributed by atoms with Crippen LogP contribution in [0.5, 0.6) is 5.75 Å². The van der Waals surface area contributed by atoms with E-state index in [2.05, 4.69) is 43.6 Å². The third kappa shape index (κ3) is 5.23. The average molecular weight is 525 g/mol. The van der Waals surface area contributed by atoms with Crippen molar-refractivity contribution in [2.75, 3.05) is 11.1 Å². The Labute approximate surface area is 205 Å². The summed E-state index contributed by atoms with van der Waals surface area (Å²) in [7, 11) is 0. The summed E-state index contributed by atoms with van der Waals surface area (Å²) < 4.78 is 9.10. The number of amides is 1. The molecule has 1 aromatic heterocycles. The standard InChI is InChI=1S/C25H25BrN4O2S/c1-4-30-23(14-32-22-11-7-9-18-8-5-6-10-19(18)22)28-29-25(30)33-15-24(31)27-21-13-12-20(26)16(2)17(21)3/h5-13H,4,14-15H2,1-3H3,(H,27,31). The highest BCUT2D eigenvalue weighted by atomic mass is 79.9. The maximum Gasteiger partial charge on any atom is 0.234 e. The Hall–Kier alpha value is -2.84. The zero-order valence-corrected chi connectivity index (χ0v) is 21.2. The van der Waals surface area contributed by atoms with Gasteiger partial charge in [0.2, 0.25) is 5.91 Å². The van der Waals surface area contributed by atoms with E-state index in [0.717, 1.165) is 43.6 Å². The summed E-state index contributed by atoms with van der Waals surface area (Å²) in [6, 6.07) is 18.0. The predicted molar refractivity (Wildman–Crippen MR) is 137 cm³/mol. The summed E-state index contributed by atoms with van der Waals surface area (Å²) in [5.41, 5.74) is 2.98. The Morgan fingerprint density at radius 3 is 2.67 bits per heavy atom. The van der Waals surface area contributed by atoms with Crippen molar-refractivity contribution in [1.29, 1.82) is 0 Å². The molecule has 4 rings (SSSR count). The van der Waals surface area contributed by atoms with Crippen LogP contribution in [0.1, 0.15) is 23.9 Å². The van der Waals surface area contributed by atoms with Gasteiger partial charge in [-0.25, -0.2) is 0 Å². The second kappa shape index (κ2) is 10.4. The van der Waals surface area contributed by atoms with E-state index >= 15 is 0 Å². The van der Waals surface area contributed by atoms with Crippen LogP contribution in [0.2, 0.25) is 0 Å². The summed E-state index contributed by atoms with van der Waals surface area (Å²) >= 11 is 4.89. The molecule has 8 heteroatoms. The van der Waals surface area contributed by atoms with Gasteiger partial charge in [0.25, 0.3) is 0 Å². The monoisotopic (exact) mass is 524 g/mol. The fourth-order valence-electron chi connectivity index (χ4n) is 3.55. The molecule has 1 heterocycles. The largest absolute Gasteiger partial charge is 0.485 e. The van der Waals surface area contributed by atoms with Crippen LogP contribution in [-0.2, 0) is 17.9 Å². The molecule has 4 aromatic rings. The highest BCUT2D eigenvalue weighted by Gasteiger charge is 2.15. The lowest BCUT2D eigenvalue weighted by atomic mass is 10.1. The van der Waals surface area contributed by atoms with E-state index < -0.39 is 0 Å². The maximum absolute atomic E-state index is 12.6. The quantitative estimate of drug-likeness (QED) is 0.280. The summed E-state index contributed by atoms with van der Waals surface area (Å²) in [6.45, 7) is 7.05. The molecule has 170 valence electrons. The Balaban J connectivity index is 1.40. The van der Waals surface area contributed by atoms with Crippen molar-refractivity contribution < 1.29 is 9.53 Å². The summed E-state index contributed by atoms with van der Waals surface area (Å²) in [5.74, 6) is 1.71. The zero-order valence-electron chi connectivity index (χ0n) is 18.8. The molecule has 0 atom stereocenters. The van der Waals surface area contributed by atoms with Gasteiger partial charge in [0.15, 0.2) is 11.0 Å². The van der Waals surface area contributed by atoms with E-state index in [1.54, 1.807) is 0 Å². The SMILES string of the molecule is CCn1c(COc2cccc3ccccc23)nnc1SCC(=O)Nc1ccc(Br)c(C)c1C. The first-order valence-electron chi connectivity index (χ1n) is 10.7. The van der Waals surface area contributed by atoms with Gasteiger partial charge in [-0.2, -0.15) is 0 Å². The molecule has 0 saturated heterocycles. The average Bonchev–Trinajstić information content (AvgIpc) is 3.23. The van der Waals surface area contributed by atoms with Crippen molar-refractivity contribution >= 4 is 50.1 Å². The molecule has 1 N–H and O–H groups in total. The van der Waals surface area contributed by atoms with Crippen LogP contribution < -0.4 is 10.1 Å². The van der Waals surface area contributed by atoms with E-state index in [1.807, 2.05) is 67.8 Å². The molecule has 0 bridgehead atoms. The van der Waals surface area contributed by atoms with Crippen LogP contribution >= 0.6 is 27.7 Å². The third-order valence-electron chi connectivity index (χ3n) is 5.54. The molecule has 33 heavy (non-hydrogen) atoms. The van der Waals surface area contributed by atoms with E-state index in [-0.39, 0.29) is 11.7 Å². The summed E-state index contributed by atoms with van der Waals surface area (Å²) in [5, 5.41) is 14.5. The van der Waals surface area contributed by atoms with Crippen LogP contribution in [0, 0.1) is 13.8 Å². The molecule has 3 aromatic carbocycles. The number of halogens is 1. The lowest BCUT2D eigenvalue weighted by Gasteiger charge is -2.12. The highest BCUT2D eigenvalue weighted by Crippen LogP contribution is 2.28. The van der Waals surface area contributed by atoms with Gasteiger partial charge in [-0.1, -0.05) is 64.1 Å². The summed E-state index contributed by atoms with van der Waals surface area (Å²) in [6.07, 6.45) is 0. The molecule has 0 radical (unpaired) electrons. The fraction of sp³-hybridized carbons (Fsp3) is 0.240. The number of fused-ring (bicyclic) bond motifs is 1. The van der Waals surface area contributed by atoms with Gasteiger partial charge in [-0.05, 0) is 55.5 Å². The lowest BCUT2D eigenvalue weighted by Crippen LogP contribution is -2.16. The topological polar surface area (TPSA) is 69.0 Å². The Bertz CT molecular complexity index is 1300. The van der Waals surface area contributed by atoms with Crippen LogP contribution in [0.3, 0.4) is 0 Å². The number of nitrogens with one attached hydrogen (secondary N) is 1. The molecule has 0 aliphatic rings. The fourth-order valence-corrected chi connectivity index (χ4v) is 4.80.